The number of aromatic nitrogens is 4. The van der Waals surface area contributed by atoms with Gasteiger partial charge >= 0.3 is 0 Å². The van der Waals surface area contributed by atoms with Gasteiger partial charge < -0.3 is 5.32 Å². The van der Waals surface area contributed by atoms with E-state index < -0.39 is 0 Å². The molecule has 1 aliphatic carbocycles. The van der Waals surface area contributed by atoms with Gasteiger partial charge in [-0.1, -0.05) is 18.0 Å². The summed E-state index contributed by atoms with van der Waals surface area (Å²) in [7, 11) is 0. The third-order valence-electron chi connectivity index (χ3n) is 3.03. The molecule has 0 aliphatic heterocycles. The van der Waals surface area contributed by atoms with E-state index in [1.807, 2.05) is 6.07 Å². The van der Waals surface area contributed by atoms with Crippen molar-refractivity contribution in [3.63, 3.8) is 0 Å². The Morgan fingerprint density at radius 3 is 2.82 bits per heavy atom. The molecule has 0 bridgehead atoms. The summed E-state index contributed by atoms with van der Waals surface area (Å²) in [5, 5.41) is 10.8. The van der Waals surface area contributed by atoms with Crippen LogP contribution in [0.1, 0.15) is 30.9 Å². The lowest BCUT2D eigenvalue weighted by atomic mass is 9.83. The summed E-state index contributed by atoms with van der Waals surface area (Å²) < 4.78 is 0. The average molecular weight is 250 g/mol. The Kier molecular flexibility index (Phi) is 2.68. The van der Waals surface area contributed by atoms with Crippen LogP contribution in [0.15, 0.2) is 18.5 Å². The van der Waals surface area contributed by atoms with E-state index in [1.54, 1.807) is 6.07 Å². The fourth-order valence-electron chi connectivity index (χ4n) is 1.86. The summed E-state index contributed by atoms with van der Waals surface area (Å²) in [5.41, 5.74) is 1.19. The van der Waals surface area contributed by atoms with Crippen molar-refractivity contribution in [2.75, 3.05) is 5.32 Å². The number of H-pyrrole nitrogens is 1. The van der Waals surface area contributed by atoms with Gasteiger partial charge in [-0.2, -0.15) is 5.10 Å². The van der Waals surface area contributed by atoms with Crippen molar-refractivity contribution >= 4 is 23.2 Å². The molecule has 0 unspecified atom stereocenters. The molecule has 88 valence electrons. The van der Waals surface area contributed by atoms with Crippen LogP contribution >= 0.6 is 11.6 Å². The molecule has 0 spiro atoms. The molecule has 0 aromatic carbocycles. The molecule has 2 N–H and O–H groups in total. The topological polar surface area (TPSA) is 66.5 Å². The maximum Gasteiger partial charge on any atom is 0.153 e. The van der Waals surface area contributed by atoms with Crippen LogP contribution in [-0.2, 0) is 0 Å². The predicted octanol–water partition coefficient (Wildman–Crippen LogP) is 2.86. The number of aromatic amines is 1. The molecule has 2 aromatic rings. The first-order valence-corrected chi connectivity index (χ1v) is 5.99. The molecule has 2 heterocycles. The Morgan fingerprint density at radius 2 is 2.12 bits per heavy atom. The minimum atomic E-state index is 0.414. The Bertz CT molecular complexity index is 520. The summed E-state index contributed by atoms with van der Waals surface area (Å²) in [5.74, 6) is 2.06. The van der Waals surface area contributed by atoms with Crippen molar-refractivity contribution < 1.29 is 0 Å². The van der Waals surface area contributed by atoms with E-state index in [-0.39, 0.29) is 0 Å². The maximum atomic E-state index is 5.78. The molecule has 0 radical (unpaired) electrons. The lowest BCUT2D eigenvalue weighted by Gasteiger charge is -2.23. The van der Waals surface area contributed by atoms with Crippen LogP contribution in [0.3, 0.4) is 0 Å². The summed E-state index contributed by atoms with van der Waals surface area (Å²) in [4.78, 5) is 7.89. The van der Waals surface area contributed by atoms with E-state index in [0.29, 0.717) is 16.9 Å². The highest BCUT2D eigenvalue weighted by molar-refractivity contribution is 6.29. The first-order valence-electron chi connectivity index (χ1n) is 5.61. The van der Waals surface area contributed by atoms with Crippen molar-refractivity contribution in [1.82, 2.24) is 20.2 Å². The van der Waals surface area contributed by atoms with E-state index in [2.05, 4.69) is 25.5 Å². The zero-order chi connectivity index (χ0) is 11.7. The molecule has 0 amide bonds. The summed E-state index contributed by atoms with van der Waals surface area (Å²) in [6.45, 7) is 0. The monoisotopic (exact) mass is 249 g/mol. The number of hydrogen-bond acceptors (Lipinski definition) is 4. The number of halogens is 1. The Hall–Kier alpha value is -1.62. The standard InChI is InChI=1S/C11H12ClN5/c12-9-5-10(14-6-13-9)15-11-4-8(16-17-11)7-2-1-3-7/h4-7H,1-3H2,(H2,13,14,15,16,17). The van der Waals surface area contributed by atoms with Gasteiger partial charge in [-0.25, -0.2) is 9.97 Å². The SMILES string of the molecule is Clc1cc(Nc2cc(C3CCC3)[nH]n2)ncn1. The van der Waals surface area contributed by atoms with Crippen LogP contribution in [0.4, 0.5) is 11.6 Å². The van der Waals surface area contributed by atoms with Gasteiger partial charge in [0.15, 0.2) is 5.82 Å². The maximum absolute atomic E-state index is 5.78. The Balaban J connectivity index is 1.74. The van der Waals surface area contributed by atoms with E-state index in [4.69, 9.17) is 11.6 Å². The average Bonchev–Trinajstić information content (AvgIpc) is 2.63. The molecule has 1 aliphatic rings. The van der Waals surface area contributed by atoms with Crippen LogP contribution < -0.4 is 5.32 Å². The van der Waals surface area contributed by atoms with E-state index in [1.165, 1.54) is 31.3 Å². The van der Waals surface area contributed by atoms with Crippen molar-refractivity contribution in [2.45, 2.75) is 25.2 Å². The molecule has 1 saturated carbocycles. The fourth-order valence-corrected chi connectivity index (χ4v) is 2.01. The van der Waals surface area contributed by atoms with E-state index in [0.717, 1.165) is 5.82 Å². The number of nitrogens with zero attached hydrogens (tertiary/aromatic N) is 3. The van der Waals surface area contributed by atoms with Gasteiger partial charge in [-0.15, -0.1) is 0 Å². The molecule has 0 saturated heterocycles. The van der Waals surface area contributed by atoms with E-state index in [9.17, 15) is 0 Å². The molecule has 5 nitrogen and oxygen atoms in total. The highest BCUT2D eigenvalue weighted by Gasteiger charge is 2.21. The van der Waals surface area contributed by atoms with Gasteiger partial charge in [0, 0.05) is 23.7 Å². The van der Waals surface area contributed by atoms with E-state index >= 15 is 0 Å². The quantitative estimate of drug-likeness (QED) is 0.821. The molecule has 1 fully saturated rings. The van der Waals surface area contributed by atoms with Gasteiger partial charge in [-0.3, -0.25) is 5.10 Å². The Morgan fingerprint density at radius 1 is 1.24 bits per heavy atom. The minimum absolute atomic E-state index is 0.414. The van der Waals surface area contributed by atoms with Crippen molar-refractivity contribution in [3.8, 4) is 0 Å². The smallest absolute Gasteiger partial charge is 0.153 e. The lowest BCUT2D eigenvalue weighted by molar-refractivity contribution is 0.410. The van der Waals surface area contributed by atoms with Crippen molar-refractivity contribution in [3.05, 3.63) is 29.3 Å². The van der Waals surface area contributed by atoms with Crippen molar-refractivity contribution in [1.29, 1.82) is 0 Å². The summed E-state index contributed by atoms with van der Waals surface area (Å²) in [6.07, 6.45) is 5.24. The third-order valence-corrected chi connectivity index (χ3v) is 3.24. The van der Waals surface area contributed by atoms with Crippen molar-refractivity contribution in [2.24, 2.45) is 0 Å². The summed E-state index contributed by atoms with van der Waals surface area (Å²) >= 11 is 5.78. The first kappa shape index (κ1) is 10.5. The second kappa shape index (κ2) is 4.33. The highest BCUT2D eigenvalue weighted by atomic mass is 35.5. The number of anilines is 2. The number of rotatable bonds is 3. The van der Waals surface area contributed by atoms with Crippen LogP contribution in [0.2, 0.25) is 5.15 Å². The molecule has 17 heavy (non-hydrogen) atoms. The summed E-state index contributed by atoms with van der Waals surface area (Å²) in [6, 6.07) is 3.69. The van der Waals surface area contributed by atoms with Gasteiger partial charge in [0.05, 0.1) is 0 Å². The van der Waals surface area contributed by atoms with Crippen LogP contribution in [0, 0.1) is 0 Å². The first-order chi connectivity index (χ1) is 8.31. The minimum Gasteiger partial charge on any atom is -0.323 e. The second-order valence-corrected chi connectivity index (χ2v) is 4.57. The largest absolute Gasteiger partial charge is 0.323 e. The molecular weight excluding hydrogens is 238 g/mol. The van der Waals surface area contributed by atoms with Gasteiger partial charge in [-0.05, 0) is 12.8 Å². The highest BCUT2D eigenvalue weighted by Crippen LogP contribution is 2.36. The normalized spacial score (nSPS) is 15.6. The van der Waals surface area contributed by atoms with Crippen LogP contribution in [-0.4, -0.2) is 20.2 Å². The molecule has 6 heteroatoms. The third kappa shape index (κ3) is 2.24. The van der Waals surface area contributed by atoms with Crippen LogP contribution in [0.25, 0.3) is 0 Å². The molecule has 3 rings (SSSR count). The number of nitrogens with one attached hydrogen (secondary N) is 2. The second-order valence-electron chi connectivity index (χ2n) is 4.19. The lowest BCUT2D eigenvalue weighted by Crippen LogP contribution is -2.08. The Labute approximate surface area is 104 Å². The van der Waals surface area contributed by atoms with Gasteiger partial charge in [0.1, 0.15) is 17.3 Å². The van der Waals surface area contributed by atoms with Gasteiger partial charge in [0.25, 0.3) is 0 Å². The van der Waals surface area contributed by atoms with Crippen LogP contribution in [0.5, 0.6) is 0 Å². The predicted molar refractivity (Wildman–Crippen MR) is 65.5 cm³/mol. The fraction of sp³-hybridized carbons (Fsp3) is 0.364. The number of hydrogen-bond donors (Lipinski definition) is 2. The molecular formula is C11H12ClN5. The molecule has 0 atom stereocenters. The molecule has 2 aromatic heterocycles. The zero-order valence-electron chi connectivity index (χ0n) is 9.15. The van der Waals surface area contributed by atoms with Gasteiger partial charge in [0.2, 0.25) is 0 Å². The zero-order valence-corrected chi connectivity index (χ0v) is 9.91.